The Labute approximate surface area is 445 Å². The van der Waals surface area contributed by atoms with Crippen molar-refractivity contribution in [1.82, 2.24) is 31.6 Å². The van der Waals surface area contributed by atoms with Crippen molar-refractivity contribution in [3.8, 4) is 28.4 Å². The van der Waals surface area contributed by atoms with Crippen molar-refractivity contribution in [3.63, 3.8) is 0 Å². The number of carbonyl (C=O) groups is 6. The second-order valence-corrected chi connectivity index (χ2v) is 21.6. The van der Waals surface area contributed by atoms with Crippen molar-refractivity contribution in [2.45, 2.75) is 123 Å². The average Bonchev–Trinajstić information content (AvgIpc) is 3.81. The van der Waals surface area contributed by atoms with E-state index in [0.717, 1.165) is 11.1 Å². The monoisotopic (exact) mass is 1080 g/mol. The van der Waals surface area contributed by atoms with Crippen LogP contribution in [0.25, 0.3) is 11.1 Å². The van der Waals surface area contributed by atoms with Crippen molar-refractivity contribution < 1.29 is 66.7 Å². The van der Waals surface area contributed by atoms with Crippen LogP contribution in [-0.2, 0) is 40.5 Å². The molecule has 1 aromatic heterocycles. The number of guanidine groups is 1. The summed E-state index contributed by atoms with van der Waals surface area (Å²) < 4.78 is 50.1. The molecule has 2 heterocycles. The lowest BCUT2D eigenvalue weighted by Gasteiger charge is -2.37. The molecule has 3 aromatic carbocycles. The molecule has 0 saturated carbocycles. The Hall–Kier alpha value is -7.37. The van der Waals surface area contributed by atoms with Crippen molar-refractivity contribution >= 4 is 58.5 Å². The van der Waals surface area contributed by atoms with Gasteiger partial charge in [0, 0.05) is 54.8 Å². The van der Waals surface area contributed by atoms with Gasteiger partial charge in [-0.25, -0.2) is 28.6 Å². The Morgan fingerprint density at radius 1 is 0.842 bits per heavy atom. The SMILES string of the molecule is CC(C)(C)OC(=O)/N=C(/NCCC[C@@H](NC(=O)OC(C)(C)C)C(=O)NCCOCCOc1cc2c(cc1Oc1ccc(-c3ccc(C(=O)O)cc3)c(F)c1)[C@@](C)(CC(=O)Nc1nccs1)NCC2)NC(=O)OC(C)(C)C. The highest BCUT2D eigenvalue weighted by Gasteiger charge is 2.36. The number of ether oxygens (including phenoxy) is 6. The van der Waals surface area contributed by atoms with Gasteiger partial charge in [-0.05, 0) is 142 Å². The molecule has 21 nitrogen and oxygen atoms in total. The van der Waals surface area contributed by atoms with Crippen LogP contribution in [0.15, 0.2) is 71.2 Å². The number of rotatable bonds is 20. The zero-order valence-corrected chi connectivity index (χ0v) is 45.3. The number of aromatic carboxylic acids is 1. The van der Waals surface area contributed by atoms with Gasteiger partial charge in [-0.15, -0.1) is 16.3 Å². The molecule has 0 spiro atoms. The minimum Gasteiger partial charge on any atom is -0.487 e. The van der Waals surface area contributed by atoms with Crippen LogP contribution in [0.5, 0.6) is 17.2 Å². The quantitative estimate of drug-likeness (QED) is 0.0189. The predicted molar refractivity (Wildman–Crippen MR) is 282 cm³/mol. The molecule has 23 heteroatoms. The highest BCUT2D eigenvalue weighted by Crippen LogP contribution is 2.42. The zero-order valence-electron chi connectivity index (χ0n) is 44.5. The third kappa shape index (κ3) is 19.7. The van der Waals surface area contributed by atoms with Gasteiger partial charge in [0.25, 0.3) is 0 Å². The van der Waals surface area contributed by atoms with Crippen LogP contribution in [-0.4, -0.2) is 114 Å². The molecule has 0 radical (unpaired) electrons. The number of nitrogens with one attached hydrogen (secondary N) is 6. The predicted octanol–water partition coefficient (Wildman–Crippen LogP) is 8.42. The standard InChI is InChI=1S/C53H69FN8O13S/c1-50(2,3)73-47(67)59-39(12-11-20-56-45(61-48(68)74-51(4,5)6)62-49(69)75-52(7,8)9)43(64)55-22-24-70-25-26-71-40-28-34-19-21-58-53(10,31-42(63)60-46-57-23-27-76-46)37(34)30-41(40)72-35-17-18-36(38(54)29-35)32-13-15-33(16-14-32)44(65)66/h13-18,23,27-30,39,58H,11-12,19-22,24-26,31H2,1-10H3,(H,55,64)(H,59,67)(H,65,66)(H,57,60,63)(H2,56,61,62,68,69)/t39-,53-/m1/s1. The number of anilines is 1. The molecule has 1 aliphatic rings. The maximum absolute atomic E-state index is 15.7. The van der Waals surface area contributed by atoms with Crippen molar-refractivity contribution in [2.24, 2.45) is 4.99 Å². The summed E-state index contributed by atoms with van der Waals surface area (Å²) in [5.74, 6) is -2.01. The summed E-state index contributed by atoms with van der Waals surface area (Å²) >= 11 is 1.30. The van der Waals surface area contributed by atoms with E-state index in [1.54, 1.807) is 86.0 Å². The van der Waals surface area contributed by atoms with Crippen LogP contribution in [0.4, 0.5) is 23.9 Å². The van der Waals surface area contributed by atoms with E-state index < -0.39 is 64.4 Å². The summed E-state index contributed by atoms with van der Waals surface area (Å²) in [7, 11) is 0. The molecule has 0 aliphatic carbocycles. The zero-order chi connectivity index (χ0) is 55.8. The number of nitrogens with zero attached hydrogens (tertiary/aromatic N) is 2. The third-order valence-corrected chi connectivity index (χ3v) is 11.4. The van der Waals surface area contributed by atoms with Crippen molar-refractivity contribution in [3.05, 3.63) is 88.7 Å². The maximum Gasteiger partial charge on any atom is 0.437 e. The van der Waals surface area contributed by atoms with E-state index >= 15 is 4.39 Å². The molecule has 76 heavy (non-hydrogen) atoms. The van der Waals surface area contributed by atoms with Crippen LogP contribution in [0.1, 0.15) is 110 Å². The molecule has 0 saturated heterocycles. The normalized spacial score (nSPS) is 15.0. The number of aromatic nitrogens is 1. The third-order valence-electron chi connectivity index (χ3n) is 10.7. The molecule has 5 rings (SSSR count). The lowest BCUT2D eigenvalue weighted by atomic mass is 9.81. The van der Waals surface area contributed by atoms with Crippen molar-refractivity contribution in [2.75, 3.05) is 44.8 Å². The number of halogens is 1. The van der Waals surface area contributed by atoms with E-state index in [4.69, 9.17) is 28.4 Å². The number of benzene rings is 3. The van der Waals surface area contributed by atoms with Gasteiger partial charge >= 0.3 is 24.2 Å². The molecule has 0 unspecified atom stereocenters. The second-order valence-electron chi connectivity index (χ2n) is 20.7. The summed E-state index contributed by atoms with van der Waals surface area (Å²) in [6.07, 6.45) is -0.0478. The van der Waals surface area contributed by atoms with Crippen LogP contribution in [0.2, 0.25) is 0 Å². The first-order chi connectivity index (χ1) is 35.6. The fourth-order valence-corrected chi connectivity index (χ4v) is 8.07. The number of hydrogen-bond donors (Lipinski definition) is 7. The second kappa shape index (κ2) is 26.4. The number of hydrogen-bond acceptors (Lipinski definition) is 15. The number of carbonyl (C=O) groups excluding carboxylic acids is 5. The number of carboxylic acid groups (broad SMARTS) is 1. The van der Waals surface area contributed by atoms with Gasteiger partial charge in [0.2, 0.25) is 17.8 Å². The Morgan fingerprint density at radius 2 is 1.54 bits per heavy atom. The van der Waals surface area contributed by atoms with Crippen LogP contribution >= 0.6 is 11.3 Å². The van der Waals surface area contributed by atoms with Gasteiger partial charge in [-0.2, -0.15) is 0 Å². The van der Waals surface area contributed by atoms with Crippen molar-refractivity contribution in [1.29, 1.82) is 0 Å². The fraction of sp³-hybridized carbons (Fsp3) is 0.472. The fourth-order valence-electron chi connectivity index (χ4n) is 7.53. The number of amides is 5. The summed E-state index contributed by atoms with van der Waals surface area (Å²) in [6, 6.07) is 12.7. The van der Waals surface area contributed by atoms with Crippen LogP contribution in [0, 0.1) is 5.82 Å². The van der Waals surface area contributed by atoms with Gasteiger partial charge < -0.3 is 60.1 Å². The smallest absolute Gasteiger partial charge is 0.437 e. The Morgan fingerprint density at radius 3 is 2.18 bits per heavy atom. The Balaban J connectivity index is 1.23. The first-order valence-electron chi connectivity index (χ1n) is 24.6. The molecular weight excluding hydrogens is 1010 g/mol. The van der Waals surface area contributed by atoms with Gasteiger partial charge in [0.15, 0.2) is 16.6 Å². The molecule has 0 bridgehead atoms. The van der Waals surface area contributed by atoms with Gasteiger partial charge in [0.1, 0.15) is 41.0 Å². The minimum absolute atomic E-state index is 0.0340. The number of thiazole rings is 1. The highest BCUT2D eigenvalue weighted by atomic mass is 32.1. The van der Waals surface area contributed by atoms with Gasteiger partial charge in [0.05, 0.1) is 18.8 Å². The van der Waals surface area contributed by atoms with E-state index in [1.807, 2.05) is 13.0 Å². The van der Waals surface area contributed by atoms with E-state index in [1.165, 1.54) is 47.7 Å². The molecule has 4 aromatic rings. The highest BCUT2D eigenvalue weighted by molar-refractivity contribution is 7.13. The van der Waals surface area contributed by atoms with Gasteiger partial charge in [-0.1, -0.05) is 12.1 Å². The topological polar surface area (TPSA) is 275 Å². The largest absolute Gasteiger partial charge is 0.487 e. The molecular formula is C53H69FN8O13S. The van der Waals surface area contributed by atoms with Crippen LogP contribution < -0.4 is 41.4 Å². The van der Waals surface area contributed by atoms with Crippen LogP contribution in [0.3, 0.4) is 0 Å². The lowest BCUT2D eigenvalue weighted by molar-refractivity contribution is -0.123. The number of aliphatic imine (C=N–C) groups is 1. The van der Waals surface area contributed by atoms with E-state index in [9.17, 15) is 33.9 Å². The minimum atomic E-state index is -1.10. The molecule has 7 N–H and O–H groups in total. The number of fused-ring (bicyclic) bond motifs is 1. The van der Waals surface area contributed by atoms with E-state index in [2.05, 4.69) is 41.9 Å². The van der Waals surface area contributed by atoms with E-state index in [-0.39, 0.29) is 86.7 Å². The number of alkyl carbamates (subject to hydrolysis) is 2. The van der Waals surface area contributed by atoms with Gasteiger partial charge in [-0.3, -0.25) is 14.9 Å². The Kier molecular flexibility index (Phi) is 20.7. The number of carboxylic acids is 1. The molecule has 1 aliphatic heterocycles. The summed E-state index contributed by atoms with van der Waals surface area (Å²) in [5, 5.41) is 28.5. The average molecular weight is 1080 g/mol. The molecule has 412 valence electrons. The first kappa shape index (κ1) is 59.5. The summed E-state index contributed by atoms with van der Waals surface area (Å²) in [6.45, 7) is 17.9. The first-order valence-corrected chi connectivity index (χ1v) is 25.5. The molecule has 2 atom stereocenters. The summed E-state index contributed by atoms with van der Waals surface area (Å²) in [5.41, 5.74) is -0.927. The molecule has 5 amide bonds. The maximum atomic E-state index is 15.7. The summed E-state index contributed by atoms with van der Waals surface area (Å²) in [4.78, 5) is 84.0. The molecule has 0 fully saturated rings. The Bertz CT molecular complexity index is 2700. The van der Waals surface area contributed by atoms with E-state index in [0.29, 0.717) is 29.4 Å². The lowest BCUT2D eigenvalue weighted by Crippen LogP contribution is -2.49.